The fourth-order valence-corrected chi connectivity index (χ4v) is 3.75. The molecular formula is C22H30FN3O3S. The van der Waals surface area contributed by atoms with Crippen molar-refractivity contribution in [2.75, 3.05) is 47.2 Å². The summed E-state index contributed by atoms with van der Waals surface area (Å²) < 4.78 is 29.2. The Morgan fingerprint density at radius 3 is 2.27 bits per heavy atom. The number of halogens is 1. The average molecular weight is 436 g/mol. The lowest BCUT2D eigenvalue weighted by Gasteiger charge is -2.16. The molecule has 0 atom stereocenters. The summed E-state index contributed by atoms with van der Waals surface area (Å²) in [5.41, 5.74) is 1.02. The number of ether oxygens (including phenoxy) is 3. The Balaban J connectivity index is 1.74. The predicted molar refractivity (Wildman–Crippen MR) is 121 cm³/mol. The van der Waals surface area contributed by atoms with E-state index in [4.69, 9.17) is 14.2 Å². The van der Waals surface area contributed by atoms with Crippen LogP contribution in [0.1, 0.15) is 12.0 Å². The predicted octanol–water partition coefficient (Wildman–Crippen LogP) is 3.74. The van der Waals surface area contributed by atoms with Gasteiger partial charge in [0.15, 0.2) is 17.5 Å². The Bertz CT molecular complexity index is 816. The standard InChI is InChI=1S/C22H30FN3O3S/c1-24-22(25-13-5-15-30-18-9-7-17(23)8-10-18)26-14-12-16-6-11-19(27-2)21(29-4)20(16)28-3/h6-11H,5,12-15H2,1-4H3,(H2,24,25,26). The minimum atomic E-state index is -0.207. The third-order valence-corrected chi connectivity index (χ3v) is 5.49. The van der Waals surface area contributed by atoms with E-state index in [0.717, 1.165) is 41.6 Å². The van der Waals surface area contributed by atoms with Crippen LogP contribution in [0.3, 0.4) is 0 Å². The van der Waals surface area contributed by atoms with Crippen molar-refractivity contribution in [3.05, 3.63) is 47.8 Å². The topological polar surface area (TPSA) is 64.1 Å². The molecule has 8 heteroatoms. The van der Waals surface area contributed by atoms with Crippen LogP contribution in [0.15, 0.2) is 46.3 Å². The van der Waals surface area contributed by atoms with Gasteiger partial charge in [-0.25, -0.2) is 4.39 Å². The van der Waals surface area contributed by atoms with Crippen molar-refractivity contribution in [1.29, 1.82) is 0 Å². The average Bonchev–Trinajstić information content (AvgIpc) is 2.78. The molecule has 0 aromatic heterocycles. The molecule has 164 valence electrons. The van der Waals surface area contributed by atoms with Gasteiger partial charge in [0.2, 0.25) is 5.75 Å². The number of nitrogens with one attached hydrogen (secondary N) is 2. The van der Waals surface area contributed by atoms with Crippen LogP contribution in [-0.2, 0) is 6.42 Å². The summed E-state index contributed by atoms with van der Waals surface area (Å²) in [5.74, 6) is 3.40. The van der Waals surface area contributed by atoms with E-state index in [2.05, 4.69) is 15.6 Å². The van der Waals surface area contributed by atoms with Gasteiger partial charge in [0.1, 0.15) is 5.82 Å². The molecule has 2 aromatic carbocycles. The summed E-state index contributed by atoms with van der Waals surface area (Å²) in [6.45, 7) is 1.49. The van der Waals surface area contributed by atoms with Crippen LogP contribution in [0.2, 0.25) is 0 Å². The first-order chi connectivity index (χ1) is 14.6. The van der Waals surface area contributed by atoms with Crippen LogP contribution in [-0.4, -0.2) is 53.2 Å². The summed E-state index contributed by atoms with van der Waals surface area (Å²) in [6.07, 6.45) is 1.71. The quantitative estimate of drug-likeness (QED) is 0.243. The Hall–Kier alpha value is -2.61. The molecule has 0 spiro atoms. The van der Waals surface area contributed by atoms with Gasteiger partial charge in [-0.15, -0.1) is 11.8 Å². The molecule has 0 aliphatic rings. The van der Waals surface area contributed by atoms with Gasteiger partial charge in [0, 0.05) is 30.6 Å². The first kappa shape index (κ1) is 23.7. The van der Waals surface area contributed by atoms with E-state index < -0.39 is 0 Å². The van der Waals surface area contributed by atoms with Gasteiger partial charge in [-0.05, 0) is 48.9 Å². The number of hydrogen-bond donors (Lipinski definition) is 2. The number of nitrogens with zero attached hydrogens (tertiary/aromatic N) is 1. The van der Waals surface area contributed by atoms with Crippen LogP contribution in [0.4, 0.5) is 4.39 Å². The van der Waals surface area contributed by atoms with Crippen LogP contribution < -0.4 is 24.8 Å². The summed E-state index contributed by atoms with van der Waals surface area (Å²) in [4.78, 5) is 5.33. The van der Waals surface area contributed by atoms with E-state index >= 15 is 0 Å². The van der Waals surface area contributed by atoms with Gasteiger partial charge in [0.25, 0.3) is 0 Å². The van der Waals surface area contributed by atoms with Crippen molar-refractivity contribution in [3.63, 3.8) is 0 Å². The van der Waals surface area contributed by atoms with Gasteiger partial charge >= 0.3 is 0 Å². The van der Waals surface area contributed by atoms with Crippen molar-refractivity contribution >= 4 is 17.7 Å². The fraction of sp³-hybridized carbons (Fsp3) is 0.409. The number of rotatable bonds is 11. The van der Waals surface area contributed by atoms with Crippen LogP contribution in [0.5, 0.6) is 17.2 Å². The fourth-order valence-electron chi connectivity index (χ4n) is 2.90. The summed E-state index contributed by atoms with van der Waals surface area (Å²) in [6, 6.07) is 10.4. The molecule has 0 fully saturated rings. The van der Waals surface area contributed by atoms with Gasteiger partial charge < -0.3 is 24.8 Å². The monoisotopic (exact) mass is 435 g/mol. The molecule has 0 saturated heterocycles. The second-order valence-corrected chi connectivity index (χ2v) is 7.49. The first-order valence-corrected chi connectivity index (χ1v) is 10.7. The zero-order valence-corrected chi connectivity index (χ0v) is 18.8. The van der Waals surface area contributed by atoms with E-state index in [-0.39, 0.29) is 5.82 Å². The van der Waals surface area contributed by atoms with Gasteiger partial charge in [-0.1, -0.05) is 6.07 Å². The lowest BCUT2D eigenvalue weighted by Crippen LogP contribution is -2.38. The lowest BCUT2D eigenvalue weighted by atomic mass is 10.1. The second-order valence-electron chi connectivity index (χ2n) is 6.33. The molecule has 6 nitrogen and oxygen atoms in total. The first-order valence-electron chi connectivity index (χ1n) is 9.73. The maximum atomic E-state index is 12.9. The molecule has 30 heavy (non-hydrogen) atoms. The van der Waals surface area contributed by atoms with Crippen molar-refractivity contribution in [2.45, 2.75) is 17.7 Å². The number of hydrogen-bond acceptors (Lipinski definition) is 5. The molecule has 0 saturated carbocycles. The molecule has 0 amide bonds. The summed E-state index contributed by atoms with van der Waals surface area (Å²) >= 11 is 1.71. The number of thioether (sulfide) groups is 1. The zero-order valence-electron chi connectivity index (χ0n) is 18.0. The molecule has 0 radical (unpaired) electrons. The van der Waals surface area contributed by atoms with Crippen LogP contribution in [0.25, 0.3) is 0 Å². The minimum absolute atomic E-state index is 0.207. The van der Waals surface area contributed by atoms with Gasteiger partial charge in [-0.3, -0.25) is 4.99 Å². The third-order valence-electron chi connectivity index (χ3n) is 4.39. The SMILES string of the molecule is CN=C(NCCCSc1ccc(F)cc1)NCCc1ccc(OC)c(OC)c1OC. The largest absolute Gasteiger partial charge is 0.493 e. The summed E-state index contributed by atoms with van der Waals surface area (Å²) in [5, 5.41) is 6.62. The van der Waals surface area contributed by atoms with Gasteiger partial charge in [0.05, 0.1) is 21.3 Å². The molecular weight excluding hydrogens is 405 g/mol. The summed E-state index contributed by atoms with van der Waals surface area (Å²) in [7, 11) is 6.58. The minimum Gasteiger partial charge on any atom is -0.493 e. The normalized spacial score (nSPS) is 11.2. The molecule has 0 heterocycles. The van der Waals surface area contributed by atoms with Crippen molar-refractivity contribution < 1.29 is 18.6 Å². The highest BCUT2D eigenvalue weighted by Gasteiger charge is 2.15. The highest BCUT2D eigenvalue weighted by molar-refractivity contribution is 7.99. The molecule has 2 rings (SSSR count). The molecule has 0 aliphatic heterocycles. The third kappa shape index (κ3) is 7.02. The highest BCUT2D eigenvalue weighted by atomic mass is 32.2. The van der Waals surface area contributed by atoms with E-state index in [1.54, 1.807) is 52.3 Å². The second kappa shape index (κ2) is 12.8. The van der Waals surface area contributed by atoms with Crippen molar-refractivity contribution in [3.8, 4) is 17.2 Å². The highest BCUT2D eigenvalue weighted by Crippen LogP contribution is 2.39. The van der Waals surface area contributed by atoms with E-state index in [9.17, 15) is 4.39 Å². The zero-order chi connectivity index (χ0) is 21.8. The Morgan fingerprint density at radius 1 is 0.933 bits per heavy atom. The lowest BCUT2D eigenvalue weighted by molar-refractivity contribution is 0.322. The molecule has 2 aromatic rings. The van der Waals surface area contributed by atoms with Crippen LogP contribution in [0, 0.1) is 5.82 Å². The number of guanidine groups is 1. The molecule has 2 N–H and O–H groups in total. The van der Waals surface area contributed by atoms with E-state index in [1.807, 2.05) is 12.1 Å². The number of aliphatic imine (C=N–C) groups is 1. The Labute approximate surface area is 182 Å². The smallest absolute Gasteiger partial charge is 0.203 e. The number of benzene rings is 2. The van der Waals surface area contributed by atoms with E-state index in [1.165, 1.54) is 12.1 Å². The van der Waals surface area contributed by atoms with Crippen molar-refractivity contribution in [1.82, 2.24) is 10.6 Å². The van der Waals surface area contributed by atoms with Crippen molar-refractivity contribution in [2.24, 2.45) is 4.99 Å². The van der Waals surface area contributed by atoms with Crippen LogP contribution >= 0.6 is 11.8 Å². The number of methoxy groups -OCH3 is 3. The molecule has 0 aliphatic carbocycles. The van der Waals surface area contributed by atoms with Gasteiger partial charge in [-0.2, -0.15) is 0 Å². The molecule has 0 bridgehead atoms. The maximum Gasteiger partial charge on any atom is 0.203 e. The Kier molecular flexibility index (Phi) is 10.1. The maximum absolute atomic E-state index is 12.9. The Morgan fingerprint density at radius 2 is 1.63 bits per heavy atom. The molecule has 0 unspecified atom stereocenters. The van der Waals surface area contributed by atoms with E-state index in [0.29, 0.717) is 23.8 Å².